The Morgan fingerprint density at radius 3 is 2.64 bits per heavy atom. The van der Waals surface area contributed by atoms with E-state index in [9.17, 15) is 19.2 Å². The lowest BCUT2D eigenvalue weighted by Crippen LogP contribution is -2.46. The van der Waals surface area contributed by atoms with E-state index in [0.29, 0.717) is 16.8 Å². The number of imide groups is 1. The number of hydrogen-bond donors (Lipinski definition) is 1. The first-order valence-electron chi connectivity index (χ1n) is 8.85. The van der Waals surface area contributed by atoms with Crippen molar-refractivity contribution in [1.82, 2.24) is 4.90 Å². The van der Waals surface area contributed by atoms with Crippen molar-refractivity contribution < 1.29 is 23.9 Å². The Balaban J connectivity index is 1.59. The maximum absolute atomic E-state index is 12.5. The van der Waals surface area contributed by atoms with Crippen LogP contribution in [0.2, 0.25) is 0 Å². The number of amides is 3. The van der Waals surface area contributed by atoms with Crippen LogP contribution in [0.15, 0.2) is 48.5 Å². The summed E-state index contributed by atoms with van der Waals surface area (Å²) in [7, 11) is 0. The molecule has 3 rings (SSSR count). The summed E-state index contributed by atoms with van der Waals surface area (Å²) in [6.45, 7) is 2.79. The molecule has 1 aliphatic heterocycles. The molecule has 28 heavy (non-hydrogen) atoms. The molecule has 0 spiro atoms. The number of aryl methyl sites for hydroxylation is 1. The molecule has 1 atom stereocenters. The summed E-state index contributed by atoms with van der Waals surface area (Å²) >= 11 is 0. The molecule has 0 aromatic heterocycles. The van der Waals surface area contributed by atoms with Gasteiger partial charge in [0.25, 0.3) is 11.8 Å². The van der Waals surface area contributed by atoms with Crippen LogP contribution in [0.3, 0.4) is 0 Å². The zero-order valence-electron chi connectivity index (χ0n) is 15.6. The molecule has 2 aromatic rings. The predicted molar refractivity (Wildman–Crippen MR) is 102 cm³/mol. The molecule has 2 aromatic carbocycles. The van der Waals surface area contributed by atoms with E-state index in [2.05, 4.69) is 5.32 Å². The average Bonchev–Trinajstić information content (AvgIpc) is 2.65. The van der Waals surface area contributed by atoms with Crippen molar-refractivity contribution in [3.05, 3.63) is 65.2 Å². The van der Waals surface area contributed by atoms with Crippen LogP contribution < -0.4 is 5.32 Å². The molecular formula is C21H20N2O5. The molecule has 7 nitrogen and oxygen atoms in total. The third-order valence-corrected chi connectivity index (χ3v) is 4.39. The number of esters is 1. The van der Waals surface area contributed by atoms with Gasteiger partial charge in [0, 0.05) is 11.3 Å². The second kappa shape index (κ2) is 8.04. The van der Waals surface area contributed by atoms with Gasteiger partial charge in [-0.25, -0.2) is 0 Å². The van der Waals surface area contributed by atoms with Crippen molar-refractivity contribution in [2.75, 3.05) is 11.9 Å². The zero-order chi connectivity index (χ0) is 20.3. The van der Waals surface area contributed by atoms with E-state index in [1.165, 1.54) is 6.92 Å². The summed E-state index contributed by atoms with van der Waals surface area (Å²) in [6, 6.07) is 14.0. The highest BCUT2D eigenvalue weighted by Gasteiger charge is 2.33. The number of hydrogen-bond acceptors (Lipinski definition) is 5. The van der Waals surface area contributed by atoms with E-state index in [1.54, 1.807) is 42.5 Å². The van der Waals surface area contributed by atoms with Crippen molar-refractivity contribution in [2.24, 2.45) is 0 Å². The van der Waals surface area contributed by atoms with Gasteiger partial charge in [-0.1, -0.05) is 30.3 Å². The van der Waals surface area contributed by atoms with E-state index in [4.69, 9.17) is 4.74 Å². The number of nitrogens with zero attached hydrogens (tertiary/aromatic N) is 1. The summed E-state index contributed by atoms with van der Waals surface area (Å²) < 4.78 is 5.10. The van der Waals surface area contributed by atoms with Gasteiger partial charge < -0.3 is 10.1 Å². The Labute approximate surface area is 162 Å². The van der Waals surface area contributed by atoms with E-state index in [1.807, 2.05) is 13.0 Å². The summed E-state index contributed by atoms with van der Waals surface area (Å²) in [5.41, 5.74) is 2.59. The molecule has 0 bridgehead atoms. The molecule has 144 valence electrons. The minimum absolute atomic E-state index is 0.0403. The first-order valence-corrected chi connectivity index (χ1v) is 8.85. The fourth-order valence-corrected chi connectivity index (χ4v) is 2.94. The Kier molecular flexibility index (Phi) is 5.54. The van der Waals surface area contributed by atoms with Crippen molar-refractivity contribution in [2.45, 2.75) is 26.4 Å². The monoisotopic (exact) mass is 380 g/mol. The quantitative estimate of drug-likeness (QED) is 0.633. The zero-order valence-corrected chi connectivity index (χ0v) is 15.6. The smallest absolute Gasteiger partial charge is 0.326 e. The average molecular weight is 380 g/mol. The molecule has 3 amide bonds. The standard InChI is InChI=1S/C21H20N2O5/c1-13-6-5-8-16(10-13)22-20(26)14(2)28-19(25)12-23-18(24)11-15-7-3-4-9-17(15)21(23)27/h3-10,14H,11-12H2,1-2H3,(H,22,26)/t14-/m0/s1. The molecule has 0 unspecified atom stereocenters. The van der Waals surface area contributed by atoms with Crippen molar-refractivity contribution in [3.63, 3.8) is 0 Å². The first kappa shape index (κ1) is 19.3. The van der Waals surface area contributed by atoms with Crippen LogP contribution in [-0.4, -0.2) is 41.2 Å². The number of fused-ring (bicyclic) bond motifs is 1. The highest BCUT2D eigenvalue weighted by atomic mass is 16.5. The van der Waals surface area contributed by atoms with E-state index in [-0.39, 0.29) is 6.42 Å². The summed E-state index contributed by atoms with van der Waals surface area (Å²) in [4.78, 5) is 49.9. The maximum Gasteiger partial charge on any atom is 0.326 e. The SMILES string of the molecule is Cc1cccc(NC(=O)[C@H](C)OC(=O)CN2C(=O)Cc3ccccc3C2=O)c1. The highest BCUT2D eigenvalue weighted by Crippen LogP contribution is 2.19. The third-order valence-electron chi connectivity index (χ3n) is 4.39. The van der Waals surface area contributed by atoms with Gasteiger partial charge in [0.2, 0.25) is 5.91 Å². The number of carbonyl (C=O) groups is 4. The van der Waals surface area contributed by atoms with Crippen molar-refractivity contribution in [1.29, 1.82) is 0 Å². The molecule has 0 aliphatic carbocycles. The molecule has 1 heterocycles. The van der Waals surface area contributed by atoms with Crippen LogP contribution in [0.5, 0.6) is 0 Å². The summed E-state index contributed by atoms with van der Waals surface area (Å²) in [6.07, 6.45) is -1.03. The van der Waals surface area contributed by atoms with Gasteiger partial charge in [0.05, 0.1) is 6.42 Å². The van der Waals surface area contributed by atoms with Gasteiger partial charge in [-0.05, 0) is 43.2 Å². The molecule has 1 N–H and O–H groups in total. The normalized spacial score (nSPS) is 14.3. The molecule has 7 heteroatoms. The van der Waals surface area contributed by atoms with Crippen LogP contribution in [0, 0.1) is 6.92 Å². The minimum Gasteiger partial charge on any atom is -0.451 e. The van der Waals surface area contributed by atoms with Crippen molar-refractivity contribution >= 4 is 29.4 Å². The van der Waals surface area contributed by atoms with E-state index >= 15 is 0 Å². The Morgan fingerprint density at radius 1 is 1.14 bits per heavy atom. The van der Waals surface area contributed by atoms with Crippen LogP contribution in [0.25, 0.3) is 0 Å². The summed E-state index contributed by atoms with van der Waals surface area (Å²) in [5.74, 6) is -2.34. The van der Waals surface area contributed by atoms with Gasteiger partial charge in [-0.3, -0.25) is 24.1 Å². The van der Waals surface area contributed by atoms with Crippen molar-refractivity contribution in [3.8, 4) is 0 Å². The second-order valence-electron chi connectivity index (χ2n) is 6.61. The molecular weight excluding hydrogens is 360 g/mol. The van der Waals surface area contributed by atoms with E-state index < -0.39 is 36.3 Å². The Hall–Kier alpha value is -3.48. The predicted octanol–water partition coefficient (Wildman–Crippen LogP) is 2.09. The van der Waals surface area contributed by atoms with Gasteiger partial charge in [0.1, 0.15) is 6.54 Å². The van der Waals surface area contributed by atoms with Crippen LogP contribution in [-0.2, 0) is 25.5 Å². The number of benzene rings is 2. The third kappa shape index (κ3) is 4.25. The molecule has 0 fully saturated rings. The lowest BCUT2D eigenvalue weighted by atomic mass is 9.98. The fraction of sp³-hybridized carbons (Fsp3) is 0.238. The molecule has 0 saturated carbocycles. The Bertz CT molecular complexity index is 953. The molecule has 0 saturated heterocycles. The largest absolute Gasteiger partial charge is 0.451 e. The summed E-state index contributed by atoms with van der Waals surface area (Å²) in [5, 5.41) is 2.66. The number of anilines is 1. The fourth-order valence-electron chi connectivity index (χ4n) is 2.94. The van der Waals surface area contributed by atoms with Gasteiger partial charge in [-0.2, -0.15) is 0 Å². The van der Waals surface area contributed by atoms with Crippen LogP contribution >= 0.6 is 0 Å². The van der Waals surface area contributed by atoms with Crippen LogP contribution in [0.4, 0.5) is 5.69 Å². The van der Waals surface area contributed by atoms with Gasteiger partial charge in [0.15, 0.2) is 6.10 Å². The van der Waals surface area contributed by atoms with Gasteiger partial charge >= 0.3 is 5.97 Å². The highest BCUT2D eigenvalue weighted by molar-refractivity contribution is 6.11. The Morgan fingerprint density at radius 2 is 1.89 bits per heavy atom. The second-order valence-corrected chi connectivity index (χ2v) is 6.61. The first-order chi connectivity index (χ1) is 13.3. The topological polar surface area (TPSA) is 92.8 Å². The lowest BCUT2D eigenvalue weighted by molar-refractivity contribution is -0.155. The number of ether oxygens (including phenoxy) is 1. The molecule has 0 radical (unpaired) electrons. The number of nitrogens with one attached hydrogen (secondary N) is 1. The maximum atomic E-state index is 12.5. The number of carbonyl (C=O) groups excluding carboxylic acids is 4. The number of rotatable bonds is 5. The van der Waals surface area contributed by atoms with Crippen LogP contribution in [0.1, 0.15) is 28.4 Å². The minimum atomic E-state index is -1.07. The lowest BCUT2D eigenvalue weighted by Gasteiger charge is -2.26. The molecule has 1 aliphatic rings. The van der Waals surface area contributed by atoms with Gasteiger partial charge in [-0.15, -0.1) is 0 Å². The van der Waals surface area contributed by atoms with E-state index in [0.717, 1.165) is 10.5 Å².